The van der Waals surface area contributed by atoms with E-state index in [9.17, 15) is 8.78 Å². The molecule has 1 heterocycles. The molecule has 0 aliphatic carbocycles. The van der Waals surface area contributed by atoms with Crippen molar-refractivity contribution in [1.29, 1.82) is 0 Å². The first-order chi connectivity index (χ1) is 9.88. The minimum Gasteiger partial charge on any atom is -0.473 e. The zero-order valence-electron chi connectivity index (χ0n) is 11.3. The Hall–Kier alpha value is -1.96. The molecule has 0 atom stereocenters. The highest BCUT2D eigenvalue weighted by atomic mass is 79.9. The van der Waals surface area contributed by atoms with Crippen LogP contribution in [0.5, 0.6) is 5.88 Å². The summed E-state index contributed by atoms with van der Waals surface area (Å²) in [4.78, 5) is 7.81. The Labute approximate surface area is 128 Å². The van der Waals surface area contributed by atoms with Crippen molar-refractivity contribution in [3.63, 3.8) is 0 Å². The topological polar surface area (TPSA) is 73.1 Å². The van der Waals surface area contributed by atoms with Gasteiger partial charge in [0.1, 0.15) is 23.6 Å². The van der Waals surface area contributed by atoms with Gasteiger partial charge in [-0.1, -0.05) is 0 Å². The summed E-state index contributed by atoms with van der Waals surface area (Å²) >= 11 is 2.91. The average molecular weight is 359 g/mol. The summed E-state index contributed by atoms with van der Waals surface area (Å²) in [6.45, 7) is 3.64. The molecule has 1 aromatic heterocycles. The van der Waals surface area contributed by atoms with Gasteiger partial charge in [0.25, 0.3) is 0 Å². The Balaban J connectivity index is 2.34. The number of nitrogens with zero attached hydrogens (tertiary/aromatic N) is 2. The van der Waals surface area contributed by atoms with Crippen LogP contribution < -0.4 is 15.8 Å². The van der Waals surface area contributed by atoms with E-state index in [4.69, 9.17) is 10.5 Å². The first kappa shape index (κ1) is 15.4. The summed E-state index contributed by atoms with van der Waals surface area (Å²) in [6, 6.07) is 2.02. The largest absolute Gasteiger partial charge is 0.473 e. The monoisotopic (exact) mass is 358 g/mol. The van der Waals surface area contributed by atoms with Gasteiger partial charge in [0.2, 0.25) is 5.88 Å². The van der Waals surface area contributed by atoms with Crippen LogP contribution >= 0.6 is 15.9 Å². The lowest BCUT2D eigenvalue weighted by Gasteiger charge is -2.14. The van der Waals surface area contributed by atoms with Crippen molar-refractivity contribution in [2.45, 2.75) is 20.0 Å². The van der Waals surface area contributed by atoms with Crippen LogP contribution in [0.1, 0.15) is 13.8 Å². The van der Waals surface area contributed by atoms with Crippen molar-refractivity contribution >= 4 is 33.1 Å². The predicted molar refractivity (Wildman–Crippen MR) is 79.5 cm³/mol. The van der Waals surface area contributed by atoms with Crippen LogP contribution in [0.25, 0.3) is 0 Å². The summed E-state index contributed by atoms with van der Waals surface area (Å²) in [7, 11) is 0. The summed E-state index contributed by atoms with van der Waals surface area (Å²) in [5.74, 6) is -0.931. The summed E-state index contributed by atoms with van der Waals surface area (Å²) in [5.41, 5.74) is 5.89. The number of rotatable bonds is 4. The highest BCUT2D eigenvalue weighted by molar-refractivity contribution is 9.10. The lowest BCUT2D eigenvalue weighted by atomic mass is 10.3. The van der Waals surface area contributed by atoms with Crippen molar-refractivity contribution < 1.29 is 13.5 Å². The number of nitrogen functional groups attached to an aromatic ring is 1. The SMILES string of the molecule is CC(C)Oc1ncnc(Nc2cc(F)c(Br)cc2F)c1N. The zero-order valence-corrected chi connectivity index (χ0v) is 12.9. The minimum atomic E-state index is -0.646. The minimum absolute atomic E-state index is 0.0324. The molecule has 0 spiro atoms. The fourth-order valence-electron chi connectivity index (χ4n) is 1.54. The van der Waals surface area contributed by atoms with Crippen molar-refractivity contribution in [1.82, 2.24) is 9.97 Å². The number of hydrogen-bond donors (Lipinski definition) is 2. The molecule has 0 saturated carbocycles. The third-order valence-corrected chi connectivity index (χ3v) is 3.07. The molecule has 0 aliphatic heterocycles. The smallest absolute Gasteiger partial charge is 0.242 e. The summed E-state index contributed by atoms with van der Waals surface area (Å²) < 4.78 is 32.7. The van der Waals surface area contributed by atoms with Crippen LogP contribution in [0.2, 0.25) is 0 Å². The maximum Gasteiger partial charge on any atom is 0.242 e. The van der Waals surface area contributed by atoms with Crippen LogP contribution in [0.15, 0.2) is 22.9 Å². The standard InChI is InChI=1S/C13H13BrF2N4O/c1-6(2)21-13-11(17)12(18-5-19-13)20-10-4-8(15)7(14)3-9(10)16/h3-6H,17H2,1-2H3,(H,18,19,20). The number of nitrogens with one attached hydrogen (secondary N) is 1. The predicted octanol–water partition coefficient (Wildman–Crippen LogP) is 3.63. The van der Waals surface area contributed by atoms with Crippen molar-refractivity contribution in [2.75, 3.05) is 11.1 Å². The number of aromatic nitrogens is 2. The summed E-state index contributed by atoms with van der Waals surface area (Å²) in [5, 5.41) is 2.63. The van der Waals surface area contributed by atoms with Gasteiger partial charge in [-0.15, -0.1) is 0 Å². The number of ether oxygens (including phenoxy) is 1. The van der Waals surface area contributed by atoms with Crippen molar-refractivity contribution in [3.8, 4) is 5.88 Å². The third-order valence-electron chi connectivity index (χ3n) is 2.46. The molecule has 0 amide bonds. The molecule has 0 bridgehead atoms. The van der Waals surface area contributed by atoms with Crippen molar-refractivity contribution in [3.05, 3.63) is 34.6 Å². The van der Waals surface area contributed by atoms with Gasteiger partial charge in [0.05, 0.1) is 16.3 Å². The van der Waals surface area contributed by atoms with Gasteiger partial charge in [-0.25, -0.2) is 13.8 Å². The van der Waals surface area contributed by atoms with Gasteiger partial charge in [0.15, 0.2) is 5.82 Å². The quantitative estimate of drug-likeness (QED) is 0.816. The van der Waals surface area contributed by atoms with E-state index in [1.807, 2.05) is 13.8 Å². The lowest BCUT2D eigenvalue weighted by molar-refractivity contribution is 0.234. The molecule has 1 aromatic carbocycles. The molecule has 0 aliphatic rings. The number of anilines is 3. The van der Waals surface area contributed by atoms with Gasteiger partial charge >= 0.3 is 0 Å². The number of hydrogen-bond acceptors (Lipinski definition) is 5. The van der Waals surface area contributed by atoms with Gasteiger partial charge < -0.3 is 15.8 Å². The highest BCUT2D eigenvalue weighted by Gasteiger charge is 2.14. The summed E-state index contributed by atoms with van der Waals surface area (Å²) in [6.07, 6.45) is 1.10. The van der Waals surface area contributed by atoms with E-state index in [1.54, 1.807) is 0 Å². The second kappa shape index (κ2) is 6.21. The van der Waals surface area contributed by atoms with Crippen LogP contribution in [0.3, 0.4) is 0 Å². The van der Waals surface area contributed by atoms with Crippen LogP contribution in [-0.4, -0.2) is 16.1 Å². The Bertz CT molecular complexity index is 667. The molecule has 2 aromatic rings. The van der Waals surface area contributed by atoms with Crippen LogP contribution in [-0.2, 0) is 0 Å². The van der Waals surface area contributed by atoms with E-state index in [0.29, 0.717) is 0 Å². The van der Waals surface area contributed by atoms with E-state index in [-0.39, 0.29) is 33.6 Å². The molecule has 0 radical (unpaired) electrons. The molecular formula is C13H13BrF2N4O. The van der Waals surface area contributed by atoms with Crippen molar-refractivity contribution in [2.24, 2.45) is 0 Å². The molecule has 0 saturated heterocycles. The third kappa shape index (κ3) is 3.57. The zero-order chi connectivity index (χ0) is 15.6. The molecule has 112 valence electrons. The maximum atomic E-state index is 13.8. The molecule has 8 heteroatoms. The lowest BCUT2D eigenvalue weighted by Crippen LogP contribution is -2.11. The van der Waals surface area contributed by atoms with Gasteiger partial charge in [-0.2, -0.15) is 4.98 Å². The molecule has 21 heavy (non-hydrogen) atoms. The van der Waals surface area contributed by atoms with Gasteiger partial charge in [-0.3, -0.25) is 0 Å². The Kier molecular flexibility index (Phi) is 4.56. The highest BCUT2D eigenvalue weighted by Crippen LogP contribution is 2.30. The number of nitrogens with two attached hydrogens (primary N) is 1. The van der Waals surface area contributed by atoms with E-state index < -0.39 is 11.6 Å². The fourth-order valence-corrected chi connectivity index (χ4v) is 1.86. The van der Waals surface area contributed by atoms with E-state index >= 15 is 0 Å². The Morgan fingerprint density at radius 3 is 2.62 bits per heavy atom. The number of benzene rings is 1. The van der Waals surface area contributed by atoms with Gasteiger partial charge in [-0.05, 0) is 35.8 Å². The van der Waals surface area contributed by atoms with Gasteiger partial charge in [0, 0.05) is 6.07 Å². The van der Waals surface area contributed by atoms with E-state index in [2.05, 4.69) is 31.2 Å². The normalized spacial score (nSPS) is 10.8. The Morgan fingerprint density at radius 1 is 1.24 bits per heavy atom. The molecule has 5 nitrogen and oxygen atoms in total. The number of halogens is 3. The first-order valence-electron chi connectivity index (χ1n) is 6.07. The second-order valence-electron chi connectivity index (χ2n) is 4.48. The van der Waals surface area contributed by atoms with E-state index in [0.717, 1.165) is 12.1 Å². The molecule has 2 rings (SSSR count). The van der Waals surface area contributed by atoms with Crippen LogP contribution in [0, 0.1) is 11.6 Å². The fraction of sp³-hybridized carbons (Fsp3) is 0.231. The Morgan fingerprint density at radius 2 is 1.95 bits per heavy atom. The van der Waals surface area contributed by atoms with E-state index in [1.165, 1.54) is 6.33 Å². The maximum absolute atomic E-state index is 13.8. The average Bonchev–Trinajstić information content (AvgIpc) is 2.40. The molecule has 0 fully saturated rings. The molecule has 0 unspecified atom stereocenters. The van der Waals surface area contributed by atoms with Crippen LogP contribution in [0.4, 0.5) is 26.0 Å². The molecular weight excluding hydrogens is 346 g/mol. The second-order valence-corrected chi connectivity index (χ2v) is 5.33. The first-order valence-corrected chi connectivity index (χ1v) is 6.86. The molecule has 3 N–H and O–H groups in total.